The van der Waals surface area contributed by atoms with Gasteiger partial charge in [0.2, 0.25) is 0 Å². The fraction of sp³-hybridized carbons (Fsp3) is 0.500. The average Bonchev–Trinajstić information content (AvgIpc) is 3.37. The van der Waals surface area contributed by atoms with Crippen molar-refractivity contribution in [1.29, 1.82) is 0 Å². The largest absolute Gasteiger partial charge is 0.494 e. The molecule has 0 spiro atoms. The van der Waals surface area contributed by atoms with Crippen LogP contribution in [0.1, 0.15) is 75.2 Å². The molecule has 1 saturated carbocycles. The number of rotatable bonds is 8. The number of amides is 1. The zero-order valence-electron chi connectivity index (χ0n) is 21.0. The maximum Gasteiger partial charge on any atom is 0.268 e. The van der Waals surface area contributed by atoms with Crippen LogP contribution in [0.15, 0.2) is 54.6 Å². The van der Waals surface area contributed by atoms with Crippen LogP contribution in [-0.4, -0.2) is 47.2 Å². The molecule has 186 valence electrons. The second-order valence-corrected chi connectivity index (χ2v) is 10.3. The molecule has 0 radical (unpaired) electrons. The number of carbonyl (C=O) groups is 1. The minimum atomic E-state index is 0.0181. The van der Waals surface area contributed by atoms with E-state index in [-0.39, 0.29) is 11.9 Å². The summed E-state index contributed by atoms with van der Waals surface area (Å²) in [5.74, 6) is 0.897. The summed E-state index contributed by atoms with van der Waals surface area (Å²) in [5, 5.41) is 4.41. The Bertz CT molecular complexity index is 1110. The van der Waals surface area contributed by atoms with E-state index in [4.69, 9.17) is 4.74 Å². The van der Waals surface area contributed by atoms with E-state index < -0.39 is 0 Å². The maximum atomic E-state index is 13.4. The van der Waals surface area contributed by atoms with Crippen molar-refractivity contribution >= 4 is 16.8 Å². The topological polar surface area (TPSA) is 46.5 Å². The van der Waals surface area contributed by atoms with Crippen molar-refractivity contribution in [2.75, 3.05) is 19.7 Å². The van der Waals surface area contributed by atoms with Crippen LogP contribution in [0.25, 0.3) is 16.6 Å². The minimum absolute atomic E-state index is 0.0181. The van der Waals surface area contributed by atoms with Gasteiger partial charge in [-0.15, -0.1) is 0 Å². The lowest BCUT2D eigenvalue weighted by atomic mass is 10.1. The lowest BCUT2D eigenvalue weighted by molar-refractivity contribution is 0.0927. The van der Waals surface area contributed by atoms with Crippen molar-refractivity contribution in [2.45, 2.75) is 76.8 Å². The van der Waals surface area contributed by atoms with Gasteiger partial charge in [-0.1, -0.05) is 43.9 Å². The molecule has 0 bridgehead atoms. The monoisotopic (exact) mass is 473 g/mol. The highest BCUT2D eigenvalue weighted by molar-refractivity contribution is 6.00. The van der Waals surface area contributed by atoms with Gasteiger partial charge in [-0.3, -0.25) is 4.79 Å². The molecule has 2 aromatic carbocycles. The molecule has 5 nitrogen and oxygen atoms in total. The molecule has 5 rings (SSSR count). The van der Waals surface area contributed by atoms with Gasteiger partial charge in [-0.2, -0.15) is 0 Å². The van der Waals surface area contributed by atoms with E-state index in [1.807, 2.05) is 30.3 Å². The number of aromatic nitrogens is 1. The molecule has 2 fully saturated rings. The summed E-state index contributed by atoms with van der Waals surface area (Å²) < 4.78 is 8.12. The molecule has 1 N–H and O–H groups in total. The maximum absolute atomic E-state index is 13.4. The number of benzene rings is 2. The molecule has 1 saturated heterocycles. The van der Waals surface area contributed by atoms with Gasteiger partial charge >= 0.3 is 0 Å². The highest BCUT2D eigenvalue weighted by Crippen LogP contribution is 2.27. The van der Waals surface area contributed by atoms with E-state index in [0.717, 1.165) is 54.8 Å². The summed E-state index contributed by atoms with van der Waals surface area (Å²) in [7, 11) is 0. The first kappa shape index (κ1) is 23.9. The first-order chi connectivity index (χ1) is 17.2. The lowest BCUT2D eigenvalue weighted by Gasteiger charge is -2.20. The standard InChI is InChI=1S/C30H39N3O2/c1-23-10-8-19-32(23)20-9-21-35-27-17-15-26(16-18-27)33-28-14-7-6-11-24(28)22-29(33)30(34)31-25-12-4-2-3-5-13-25/h6-7,11,14-18,22-23,25H,2-5,8-10,12-13,19-21H2,1H3,(H,31,34). The van der Waals surface area contributed by atoms with Crippen molar-refractivity contribution in [3.8, 4) is 11.4 Å². The summed E-state index contributed by atoms with van der Waals surface area (Å²) >= 11 is 0. The van der Waals surface area contributed by atoms with Crippen LogP contribution in [0.5, 0.6) is 5.75 Å². The van der Waals surface area contributed by atoms with E-state index >= 15 is 0 Å². The third kappa shape index (κ3) is 5.72. The van der Waals surface area contributed by atoms with Gasteiger partial charge in [0, 0.05) is 29.7 Å². The molecule has 1 atom stereocenters. The molecule has 3 aromatic rings. The van der Waals surface area contributed by atoms with E-state index in [1.165, 1.54) is 45.1 Å². The van der Waals surface area contributed by atoms with Crippen LogP contribution in [-0.2, 0) is 0 Å². The van der Waals surface area contributed by atoms with Crippen molar-refractivity contribution < 1.29 is 9.53 Å². The fourth-order valence-electron chi connectivity index (χ4n) is 5.76. The molecule has 1 aromatic heterocycles. The van der Waals surface area contributed by atoms with Gasteiger partial charge in [0.05, 0.1) is 12.1 Å². The molecular formula is C30H39N3O2. The van der Waals surface area contributed by atoms with Gasteiger partial charge in [0.1, 0.15) is 11.4 Å². The number of nitrogens with zero attached hydrogens (tertiary/aromatic N) is 2. The molecule has 35 heavy (non-hydrogen) atoms. The van der Waals surface area contributed by atoms with Gasteiger partial charge in [-0.25, -0.2) is 0 Å². The third-order valence-corrected chi connectivity index (χ3v) is 7.78. The van der Waals surface area contributed by atoms with Crippen LogP contribution < -0.4 is 10.1 Å². The Balaban J connectivity index is 1.29. The zero-order valence-corrected chi connectivity index (χ0v) is 21.0. The first-order valence-corrected chi connectivity index (χ1v) is 13.6. The Hall–Kier alpha value is -2.79. The Labute approximate surface area is 209 Å². The van der Waals surface area contributed by atoms with Crippen LogP contribution in [0, 0.1) is 0 Å². The number of likely N-dealkylation sites (tertiary alicyclic amines) is 1. The van der Waals surface area contributed by atoms with Gasteiger partial charge in [0.25, 0.3) is 5.91 Å². The minimum Gasteiger partial charge on any atom is -0.494 e. The quantitative estimate of drug-likeness (QED) is 0.307. The summed E-state index contributed by atoms with van der Waals surface area (Å²) in [6, 6.07) is 19.4. The molecule has 1 amide bonds. The zero-order chi connectivity index (χ0) is 24.0. The highest BCUT2D eigenvalue weighted by Gasteiger charge is 2.21. The Morgan fingerprint density at radius 3 is 2.49 bits per heavy atom. The molecule has 1 aliphatic carbocycles. The lowest BCUT2D eigenvalue weighted by Crippen LogP contribution is -2.35. The Kier molecular flexibility index (Phi) is 7.72. The van der Waals surface area contributed by atoms with Gasteiger partial charge in [0.15, 0.2) is 0 Å². The predicted molar refractivity (Wildman–Crippen MR) is 143 cm³/mol. The summed E-state index contributed by atoms with van der Waals surface area (Å²) in [4.78, 5) is 16.0. The Morgan fingerprint density at radius 2 is 1.74 bits per heavy atom. The summed E-state index contributed by atoms with van der Waals surface area (Å²) in [6.45, 7) is 5.37. The number of carbonyl (C=O) groups excluding carboxylic acids is 1. The first-order valence-electron chi connectivity index (χ1n) is 13.6. The number of para-hydroxylation sites is 1. The molecule has 1 unspecified atom stereocenters. The predicted octanol–water partition coefficient (Wildman–Crippen LogP) is 6.34. The number of nitrogens with one attached hydrogen (secondary N) is 1. The van der Waals surface area contributed by atoms with Crippen LogP contribution in [0.3, 0.4) is 0 Å². The van der Waals surface area contributed by atoms with Gasteiger partial charge < -0.3 is 19.5 Å². The van der Waals surface area contributed by atoms with Crippen LogP contribution >= 0.6 is 0 Å². The number of ether oxygens (including phenoxy) is 1. The van der Waals surface area contributed by atoms with Crippen molar-refractivity contribution in [3.05, 3.63) is 60.3 Å². The normalized spacial score (nSPS) is 19.6. The van der Waals surface area contributed by atoms with Crippen molar-refractivity contribution in [3.63, 3.8) is 0 Å². The van der Waals surface area contributed by atoms with E-state index in [0.29, 0.717) is 11.7 Å². The second-order valence-electron chi connectivity index (χ2n) is 10.3. The fourth-order valence-corrected chi connectivity index (χ4v) is 5.76. The van der Waals surface area contributed by atoms with Crippen molar-refractivity contribution in [1.82, 2.24) is 14.8 Å². The van der Waals surface area contributed by atoms with E-state index in [9.17, 15) is 4.79 Å². The highest BCUT2D eigenvalue weighted by atomic mass is 16.5. The second kappa shape index (κ2) is 11.3. The number of hydrogen-bond donors (Lipinski definition) is 1. The Morgan fingerprint density at radius 1 is 0.971 bits per heavy atom. The molecule has 1 aliphatic heterocycles. The van der Waals surface area contributed by atoms with Gasteiger partial charge in [-0.05, 0) is 82.0 Å². The third-order valence-electron chi connectivity index (χ3n) is 7.78. The smallest absolute Gasteiger partial charge is 0.268 e. The molecule has 2 aliphatic rings. The molecule has 2 heterocycles. The van der Waals surface area contributed by atoms with Crippen LogP contribution in [0.2, 0.25) is 0 Å². The summed E-state index contributed by atoms with van der Waals surface area (Å²) in [6.07, 6.45) is 10.8. The van der Waals surface area contributed by atoms with E-state index in [2.05, 4.69) is 46.0 Å². The molecule has 5 heteroatoms. The molecular weight excluding hydrogens is 434 g/mol. The van der Waals surface area contributed by atoms with Crippen molar-refractivity contribution in [2.24, 2.45) is 0 Å². The number of fused-ring (bicyclic) bond motifs is 1. The average molecular weight is 474 g/mol. The summed E-state index contributed by atoms with van der Waals surface area (Å²) in [5.41, 5.74) is 2.73. The van der Waals surface area contributed by atoms with E-state index in [1.54, 1.807) is 0 Å². The van der Waals surface area contributed by atoms with Crippen LogP contribution in [0.4, 0.5) is 0 Å². The number of hydrogen-bond acceptors (Lipinski definition) is 3. The SMILES string of the molecule is CC1CCCN1CCCOc1ccc(-n2c(C(=O)NC3CCCCCC3)cc3ccccc32)cc1.